The van der Waals surface area contributed by atoms with Crippen LogP contribution in [0.25, 0.3) is 5.52 Å². The van der Waals surface area contributed by atoms with Gasteiger partial charge in [-0.15, -0.1) is 0 Å². The molecule has 0 aliphatic rings. The molecule has 80 valence electrons. The summed E-state index contributed by atoms with van der Waals surface area (Å²) in [5.41, 5.74) is 1.98. The zero-order chi connectivity index (χ0) is 11.2. The lowest BCUT2D eigenvalue weighted by molar-refractivity contribution is 0.0706. The minimum Gasteiger partial charge on any atom is -0.384 e. The average Bonchev–Trinajstić information content (AvgIpc) is 2.45. The smallest absolute Gasteiger partial charge is 0.102 e. The van der Waals surface area contributed by atoms with Crippen LogP contribution in [0.3, 0.4) is 0 Å². The Morgan fingerprint density at radius 3 is 2.67 bits per heavy atom. The van der Waals surface area contributed by atoms with Gasteiger partial charge in [-0.2, -0.15) is 5.10 Å². The molecule has 3 nitrogen and oxygen atoms in total. The maximum atomic E-state index is 10.1. The van der Waals surface area contributed by atoms with Crippen LogP contribution < -0.4 is 0 Å². The molecule has 1 N–H and O–H groups in total. The Balaban J connectivity index is 2.87. The standard InChI is InChI=1S/C11H13BrN2O/c1-7-6-13-14-9(7)5-4-8(12)10(14)11(2,3)15/h4-6,15H,1-3H3. The number of hydrogen-bond acceptors (Lipinski definition) is 2. The summed E-state index contributed by atoms with van der Waals surface area (Å²) >= 11 is 3.44. The second kappa shape index (κ2) is 3.32. The number of nitrogens with zero attached hydrogens (tertiary/aromatic N) is 2. The molecule has 2 rings (SSSR count). The summed E-state index contributed by atoms with van der Waals surface area (Å²) in [5, 5.41) is 14.4. The number of rotatable bonds is 1. The largest absolute Gasteiger partial charge is 0.384 e. The lowest BCUT2D eigenvalue weighted by atomic mass is 10.0. The number of aromatic nitrogens is 2. The van der Waals surface area contributed by atoms with Crippen molar-refractivity contribution in [3.63, 3.8) is 0 Å². The molecular weight excluding hydrogens is 256 g/mol. The van der Waals surface area contributed by atoms with Gasteiger partial charge in [-0.1, -0.05) is 0 Å². The molecule has 0 radical (unpaired) electrons. The number of fused-ring (bicyclic) bond motifs is 1. The van der Waals surface area contributed by atoms with Crippen LogP contribution in [-0.4, -0.2) is 14.7 Å². The van der Waals surface area contributed by atoms with Gasteiger partial charge in [0.05, 0.1) is 17.4 Å². The van der Waals surface area contributed by atoms with E-state index in [-0.39, 0.29) is 0 Å². The van der Waals surface area contributed by atoms with E-state index >= 15 is 0 Å². The van der Waals surface area contributed by atoms with Gasteiger partial charge in [-0.3, -0.25) is 0 Å². The fraction of sp³-hybridized carbons (Fsp3) is 0.364. The Labute approximate surface area is 96.9 Å². The second-order valence-corrected chi connectivity index (χ2v) is 5.07. The third-order valence-electron chi connectivity index (χ3n) is 2.40. The summed E-state index contributed by atoms with van der Waals surface area (Å²) in [4.78, 5) is 0. The SMILES string of the molecule is Cc1cnn2c(C(C)(C)O)c(Br)ccc12. The molecule has 0 aromatic carbocycles. The summed E-state index contributed by atoms with van der Waals surface area (Å²) in [6.07, 6.45) is 1.80. The van der Waals surface area contributed by atoms with E-state index in [4.69, 9.17) is 0 Å². The van der Waals surface area contributed by atoms with Crippen molar-refractivity contribution >= 4 is 21.4 Å². The minimum atomic E-state index is -0.920. The molecule has 2 aromatic heterocycles. The van der Waals surface area contributed by atoms with E-state index in [0.717, 1.165) is 21.2 Å². The third-order valence-corrected chi connectivity index (χ3v) is 3.04. The molecule has 2 heterocycles. The first-order valence-electron chi connectivity index (χ1n) is 4.77. The zero-order valence-corrected chi connectivity index (χ0v) is 10.5. The summed E-state index contributed by atoms with van der Waals surface area (Å²) in [6.45, 7) is 5.51. The third kappa shape index (κ3) is 1.68. The van der Waals surface area contributed by atoms with Gasteiger partial charge in [0.25, 0.3) is 0 Å². The van der Waals surface area contributed by atoms with Crippen molar-refractivity contribution in [2.24, 2.45) is 0 Å². The minimum absolute atomic E-state index is 0.771. The van der Waals surface area contributed by atoms with E-state index in [1.807, 2.05) is 19.1 Å². The lowest BCUT2D eigenvalue weighted by Gasteiger charge is -2.20. The first-order valence-corrected chi connectivity index (χ1v) is 5.56. The number of halogens is 1. The van der Waals surface area contributed by atoms with E-state index < -0.39 is 5.60 Å². The molecule has 0 fully saturated rings. The molecule has 15 heavy (non-hydrogen) atoms. The molecule has 0 spiro atoms. The van der Waals surface area contributed by atoms with Crippen LogP contribution in [0.1, 0.15) is 25.1 Å². The van der Waals surface area contributed by atoms with Gasteiger partial charge in [0.2, 0.25) is 0 Å². The summed E-state index contributed by atoms with van der Waals surface area (Å²) in [7, 11) is 0. The van der Waals surface area contributed by atoms with Crippen molar-refractivity contribution in [1.29, 1.82) is 0 Å². The molecule has 0 saturated heterocycles. The quantitative estimate of drug-likeness (QED) is 0.864. The lowest BCUT2D eigenvalue weighted by Crippen LogP contribution is -2.21. The molecule has 0 unspecified atom stereocenters. The maximum Gasteiger partial charge on any atom is 0.102 e. The predicted molar refractivity (Wildman–Crippen MR) is 62.9 cm³/mol. The highest BCUT2D eigenvalue weighted by Crippen LogP contribution is 2.29. The molecule has 0 amide bonds. The van der Waals surface area contributed by atoms with Crippen molar-refractivity contribution in [2.45, 2.75) is 26.4 Å². The Bertz CT molecular complexity index is 511. The molecular formula is C11H13BrN2O. The fourth-order valence-corrected chi connectivity index (χ4v) is 2.49. The van der Waals surface area contributed by atoms with Gasteiger partial charge in [0.1, 0.15) is 5.60 Å². The van der Waals surface area contributed by atoms with Gasteiger partial charge in [-0.05, 0) is 54.4 Å². The van der Waals surface area contributed by atoms with Crippen LogP contribution in [-0.2, 0) is 5.60 Å². The average molecular weight is 269 g/mol. The van der Waals surface area contributed by atoms with E-state index in [9.17, 15) is 5.11 Å². The second-order valence-electron chi connectivity index (χ2n) is 4.21. The number of pyridine rings is 1. The summed E-state index contributed by atoms with van der Waals surface area (Å²) in [5.74, 6) is 0. The van der Waals surface area contributed by atoms with Gasteiger partial charge in [0.15, 0.2) is 0 Å². The first-order chi connectivity index (χ1) is 6.91. The van der Waals surface area contributed by atoms with E-state index in [1.54, 1.807) is 24.6 Å². The molecule has 0 saturated carbocycles. The highest BCUT2D eigenvalue weighted by atomic mass is 79.9. The van der Waals surface area contributed by atoms with Crippen molar-refractivity contribution in [1.82, 2.24) is 9.61 Å². The molecule has 0 aliphatic heterocycles. The Morgan fingerprint density at radius 2 is 2.07 bits per heavy atom. The zero-order valence-electron chi connectivity index (χ0n) is 8.95. The van der Waals surface area contributed by atoms with E-state index in [1.165, 1.54) is 0 Å². The molecule has 0 bridgehead atoms. The monoisotopic (exact) mass is 268 g/mol. The molecule has 4 heteroatoms. The summed E-state index contributed by atoms with van der Waals surface area (Å²) in [6, 6.07) is 3.93. The summed E-state index contributed by atoms with van der Waals surface area (Å²) < 4.78 is 2.64. The number of aryl methyl sites for hydroxylation is 1. The topological polar surface area (TPSA) is 37.5 Å². The van der Waals surface area contributed by atoms with E-state index in [2.05, 4.69) is 21.0 Å². The molecule has 0 atom stereocenters. The van der Waals surface area contributed by atoms with Crippen molar-refractivity contribution in [3.8, 4) is 0 Å². The Hall–Kier alpha value is -0.870. The van der Waals surface area contributed by atoms with Crippen molar-refractivity contribution in [2.75, 3.05) is 0 Å². The van der Waals surface area contributed by atoms with Crippen LogP contribution in [0.5, 0.6) is 0 Å². The van der Waals surface area contributed by atoms with Gasteiger partial charge in [0, 0.05) is 4.47 Å². The predicted octanol–water partition coefficient (Wildman–Crippen LogP) is 2.63. The van der Waals surface area contributed by atoms with Crippen LogP contribution in [0.4, 0.5) is 0 Å². The molecule has 2 aromatic rings. The van der Waals surface area contributed by atoms with Crippen LogP contribution in [0.15, 0.2) is 22.8 Å². The van der Waals surface area contributed by atoms with Crippen LogP contribution in [0, 0.1) is 6.92 Å². The van der Waals surface area contributed by atoms with Crippen molar-refractivity contribution in [3.05, 3.63) is 34.1 Å². The Morgan fingerprint density at radius 1 is 1.40 bits per heavy atom. The van der Waals surface area contributed by atoms with Gasteiger partial charge in [-0.25, -0.2) is 4.52 Å². The van der Waals surface area contributed by atoms with Crippen LogP contribution in [0.2, 0.25) is 0 Å². The molecule has 0 aliphatic carbocycles. The number of hydrogen-bond donors (Lipinski definition) is 1. The van der Waals surface area contributed by atoms with E-state index in [0.29, 0.717) is 0 Å². The fourth-order valence-electron chi connectivity index (χ4n) is 1.70. The normalized spacial score (nSPS) is 12.3. The first kappa shape index (κ1) is 10.6. The van der Waals surface area contributed by atoms with Crippen LogP contribution >= 0.6 is 15.9 Å². The highest BCUT2D eigenvalue weighted by Gasteiger charge is 2.23. The highest BCUT2D eigenvalue weighted by molar-refractivity contribution is 9.10. The van der Waals surface area contributed by atoms with Crippen molar-refractivity contribution < 1.29 is 5.11 Å². The van der Waals surface area contributed by atoms with Gasteiger partial charge >= 0.3 is 0 Å². The Kier molecular flexibility index (Phi) is 2.35. The number of aliphatic hydroxyl groups is 1. The van der Waals surface area contributed by atoms with Gasteiger partial charge < -0.3 is 5.11 Å². The maximum absolute atomic E-state index is 10.1.